The molecule has 0 aromatic heterocycles. The minimum absolute atomic E-state index is 0.269. The van der Waals surface area contributed by atoms with Crippen molar-refractivity contribution in [3.05, 3.63) is 30.3 Å². The maximum Gasteiger partial charge on any atom is 0.323 e. The van der Waals surface area contributed by atoms with Crippen molar-refractivity contribution in [1.82, 2.24) is 5.43 Å². The van der Waals surface area contributed by atoms with Crippen molar-refractivity contribution in [2.75, 3.05) is 5.43 Å². The summed E-state index contributed by atoms with van der Waals surface area (Å²) in [6, 6.07) is 7.91. The Morgan fingerprint density at radius 3 is 2.44 bits per heavy atom. The third-order valence-electron chi connectivity index (χ3n) is 1.87. The van der Waals surface area contributed by atoms with Gasteiger partial charge in [-0.15, -0.1) is 0 Å². The number of carboxylic acids is 1. The second-order valence-corrected chi connectivity index (χ2v) is 3.20. The van der Waals surface area contributed by atoms with Crippen LogP contribution >= 0.6 is 0 Å². The lowest BCUT2D eigenvalue weighted by atomic mass is 10.2. The van der Waals surface area contributed by atoms with Gasteiger partial charge in [-0.25, -0.2) is 5.43 Å². The number of benzene rings is 1. The zero-order chi connectivity index (χ0) is 12.0. The number of aliphatic carboxylic acids is 1. The fraction of sp³-hybridized carbons (Fsp3) is 0.200. The van der Waals surface area contributed by atoms with E-state index in [1.54, 1.807) is 24.3 Å². The minimum Gasteiger partial charge on any atom is -0.480 e. The molecule has 6 nitrogen and oxygen atoms in total. The van der Waals surface area contributed by atoms with E-state index in [-0.39, 0.29) is 6.42 Å². The lowest BCUT2D eigenvalue weighted by Crippen LogP contribution is -2.42. The van der Waals surface area contributed by atoms with Gasteiger partial charge in [0, 0.05) is 5.69 Å². The van der Waals surface area contributed by atoms with Gasteiger partial charge in [-0.3, -0.25) is 9.59 Å². The molecule has 1 rings (SSSR count). The average molecular weight is 223 g/mol. The number of rotatable bonds is 6. The van der Waals surface area contributed by atoms with Gasteiger partial charge in [0.05, 0.1) is 6.42 Å². The molecule has 0 spiro atoms. The number of para-hydroxylation sites is 1. The fourth-order valence-corrected chi connectivity index (χ4v) is 1.09. The quantitative estimate of drug-likeness (QED) is 0.505. The first-order valence-electron chi connectivity index (χ1n) is 4.67. The van der Waals surface area contributed by atoms with Crippen LogP contribution in [-0.2, 0) is 9.59 Å². The topological polar surface area (TPSA) is 104 Å². The zero-order valence-electron chi connectivity index (χ0n) is 8.51. The highest BCUT2D eigenvalue weighted by molar-refractivity contribution is 5.83. The van der Waals surface area contributed by atoms with Crippen molar-refractivity contribution in [3.63, 3.8) is 0 Å². The van der Waals surface area contributed by atoms with Gasteiger partial charge in [-0.05, 0) is 12.1 Å². The molecule has 0 radical (unpaired) electrons. The normalized spacial score (nSPS) is 11.8. The molecule has 0 aliphatic carbocycles. The summed E-state index contributed by atoms with van der Waals surface area (Å²) in [6.07, 6.45) is -0.269. The van der Waals surface area contributed by atoms with E-state index in [0.29, 0.717) is 5.69 Å². The van der Waals surface area contributed by atoms with Gasteiger partial charge in [0.2, 0.25) is 5.91 Å². The smallest absolute Gasteiger partial charge is 0.323 e. The van der Waals surface area contributed by atoms with E-state index in [0.717, 1.165) is 0 Å². The molecular weight excluding hydrogens is 210 g/mol. The van der Waals surface area contributed by atoms with Crippen LogP contribution in [0.5, 0.6) is 0 Å². The molecule has 1 aromatic rings. The summed E-state index contributed by atoms with van der Waals surface area (Å²) in [5.41, 5.74) is 10.8. The van der Waals surface area contributed by atoms with Crippen molar-refractivity contribution in [3.8, 4) is 0 Å². The number of carboxylic acid groups (broad SMARTS) is 1. The molecule has 0 heterocycles. The van der Waals surface area contributed by atoms with E-state index < -0.39 is 17.9 Å². The maximum atomic E-state index is 10.7. The Hall–Kier alpha value is -2.08. The van der Waals surface area contributed by atoms with E-state index in [1.807, 2.05) is 6.07 Å². The molecule has 16 heavy (non-hydrogen) atoms. The van der Waals surface area contributed by atoms with Crippen molar-refractivity contribution in [2.24, 2.45) is 5.73 Å². The van der Waals surface area contributed by atoms with Gasteiger partial charge in [-0.2, -0.15) is 0 Å². The predicted molar refractivity (Wildman–Crippen MR) is 58.4 cm³/mol. The van der Waals surface area contributed by atoms with Crippen LogP contribution in [0.3, 0.4) is 0 Å². The molecule has 0 aliphatic rings. The predicted octanol–water partition coefficient (Wildman–Crippen LogP) is -0.0683. The summed E-state index contributed by atoms with van der Waals surface area (Å²) in [5, 5.41) is 8.79. The van der Waals surface area contributed by atoms with Gasteiger partial charge in [0.1, 0.15) is 6.04 Å². The van der Waals surface area contributed by atoms with Crippen molar-refractivity contribution in [1.29, 1.82) is 0 Å². The molecule has 1 atom stereocenters. The van der Waals surface area contributed by atoms with E-state index in [2.05, 4.69) is 10.9 Å². The summed E-state index contributed by atoms with van der Waals surface area (Å²) in [4.78, 5) is 21.4. The second kappa shape index (κ2) is 5.72. The van der Waals surface area contributed by atoms with Crippen LogP contribution in [0.15, 0.2) is 30.3 Å². The number of carbonyl (C=O) groups excluding carboxylic acids is 1. The molecular formula is C10H13N3O3. The lowest BCUT2D eigenvalue weighted by molar-refractivity contribution is -0.141. The highest BCUT2D eigenvalue weighted by Crippen LogP contribution is 2.03. The Labute approximate surface area is 92.4 Å². The highest BCUT2D eigenvalue weighted by Gasteiger charge is 2.18. The Bertz CT molecular complexity index is 367. The third-order valence-corrected chi connectivity index (χ3v) is 1.87. The standard InChI is InChI=1S/C10H13N3O3/c11-9(14)6-8(10(15)16)13-12-7-4-2-1-3-5-7/h1-5,8,12-13H,6H2,(H2,11,14)(H,15,16)/t8-/m0/s1. The molecule has 1 amide bonds. The van der Waals surface area contributed by atoms with Crippen LogP contribution in [0.25, 0.3) is 0 Å². The first-order valence-corrected chi connectivity index (χ1v) is 4.67. The molecule has 0 fully saturated rings. The molecule has 6 heteroatoms. The molecule has 1 aromatic carbocycles. The summed E-state index contributed by atoms with van der Waals surface area (Å²) in [6.45, 7) is 0. The number of primary amides is 1. The number of hydrogen-bond donors (Lipinski definition) is 4. The number of nitrogens with one attached hydrogen (secondary N) is 2. The summed E-state index contributed by atoms with van der Waals surface area (Å²) < 4.78 is 0. The van der Waals surface area contributed by atoms with Crippen LogP contribution in [0.2, 0.25) is 0 Å². The Balaban J connectivity index is 2.50. The highest BCUT2D eigenvalue weighted by atomic mass is 16.4. The van der Waals surface area contributed by atoms with Crippen molar-refractivity contribution in [2.45, 2.75) is 12.5 Å². The SMILES string of the molecule is NC(=O)C[C@H](NNc1ccccc1)C(=O)O. The van der Waals surface area contributed by atoms with E-state index in [1.165, 1.54) is 0 Å². The van der Waals surface area contributed by atoms with Gasteiger partial charge in [0.25, 0.3) is 0 Å². The Kier molecular flexibility index (Phi) is 4.28. The van der Waals surface area contributed by atoms with Crippen molar-refractivity contribution >= 4 is 17.6 Å². The summed E-state index contributed by atoms with van der Waals surface area (Å²) in [7, 11) is 0. The van der Waals surface area contributed by atoms with Crippen LogP contribution in [0.1, 0.15) is 6.42 Å². The van der Waals surface area contributed by atoms with Gasteiger partial charge < -0.3 is 16.3 Å². The fourth-order valence-electron chi connectivity index (χ4n) is 1.09. The van der Waals surface area contributed by atoms with Crippen LogP contribution in [0, 0.1) is 0 Å². The van der Waals surface area contributed by atoms with Crippen LogP contribution < -0.4 is 16.6 Å². The number of nitrogens with two attached hydrogens (primary N) is 1. The van der Waals surface area contributed by atoms with Gasteiger partial charge >= 0.3 is 5.97 Å². The molecule has 86 valence electrons. The number of carbonyl (C=O) groups is 2. The number of hydrazine groups is 1. The second-order valence-electron chi connectivity index (χ2n) is 3.20. The monoisotopic (exact) mass is 223 g/mol. The molecule has 0 saturated carbocycles. The maximum absolute atomic E-state index is 10.7. The molecule has 0 aliphatic heterocycles. The van der Waals surface area contributed by atoms with E-state index in [4.69, 9.17) is 10.8 Å². The number of amides is 1. The number of anilines is 1. The van der Waals surface area contributed by atoms with Crippen LogP contribution in [0.4, 0.5) is 5.69 Å². The first kappa shape index (κ1) is 12.0. The lowest BCUT2D eigenvalue weighted by Gasteiger charge is -2.14. The molecule has 5 N–H and O–H groups in total. The molecule has 0 bridgehead atoms. The molecule has 0 unspecified atom stereocenters. The zero-order valence-corrected chi connectivity index (χ0v) is 8.51. The Morgan fingerprint density at radius 2 is 1.94 bits per heavy atom. The average Bonchev–Trinajstić information content (AvgIpc) is 2.25. The van der Waals surface area contributed by atoms with E-state index >= 15 is 0 Å². The minimum atomic E-state index is -1.14. The summed E-state index contributed by atoms with van der Waals surface area (Å²) in [5.74, 6) is -1.81. The Morgan fingerprint density at radius 1 is 1.31 bits per heavy atom. The van der Waals surface area contributed by atoms with Crippen molar-refractivity contribution < 1.29 is 14.7 Å². The third kappa shape index (κ3) is 3.97. The largest absolute Gasteiger partial charge is 0.480 e. The van der Waals surface area contributed by atoms with Gasteiger partial charge in [0.15, 0.2) is 0 Å². The first-order chi connectivity index (χ1) is 7.59. The summed E-state index contributed by atoms with van der Waals surface area (Å²) >= 11 is 0. The molecule has 0 saturated heterocycles. The van der Waals surface area contributed by atoms with Crippen LogP contribution in [-0.4, -0.2) is 23.0 Å². The van der Waals surface area contributed by atoms with Gasteiger partial charge in [-0.1, -0.05) is 18.2 Å². The van der Waals surface area contributed by atoms with E-state index in [9.17, 15) is 9.59 Å². The number of hydrogen-bond acceptors (Lipinski definition) is 4.